The molecule has 0 fully saturated rings. The van der Waals surface area contributed by atoms with Crippen molar-refractivity contribution in [2.45, 2.75) is 27.2 Å². The second-order valence-corrected chi connectivity index (χ2v) is 4.41. The van der Waals surface area contributed by atoms with Gasteiger partial charge in [-0.05, 0) is 24.0 Å². The molecule has 0 N–H and O–H groups in total. The molecule has 1 rings (SSSR count). The molecule has 0 saturated carbocycles. The number of aromatic nitrogens is 1. The van der Waals surface area contributed by atoms with E-state index in [1.807, 2.05) is 11.6 Å². The number of rotatable bonds is 4. The lowest BCUT2D eigenvalue weighted by molar-refractivity contribution is 0.798. The Morgan fingerprint density at radius 1 is 1.64 bits per heavy atom. The van der Waals surface area contributed by atoms with Crippen LogP contribution in [0.1, 0.15) is 31.3 Å². The molecule has 0 amide bonds. The fourth-order valence-electron chi connectivity index (χ4n) is 1.27. The SMILES string of the molecule is C=C/C(=C\c1scnc1CC)C(C)C. The van der Waals surface area contributed by atoms with Gasteiger partial charge in [0.1, 0.15) is 0 Å². The van der Waals surface area contributed by atoms with Gasteiger partial charge >= 0.3 is 0 Å². The molecule has 0 aliphatic carbocycles. The highest BCUT2D eigenvalue weighted by Gasteiger charge is 2.04. The van der Waals surface area contributed by atoms with Crippen LogP contribution < -0.4 is 0 Å². The van der Waals surface area contributed by atoms with Crippen LogP contribution in [-0.4, -0.2) is 4.98 Å². The van der Waals surface area contributed by atoms with Crippen molar-refractivity contribution in [2.75, 3.05) is 0 Å². The Balaban J connectivity index is 2.99. The first-order valence-electron chi connectivity index (χ1n) is 4.95. The lowest BCUT2D eigenvalue weighted by Crippen LogP contribution is -1.90. The van der Waals surface area contributed by atoms with Gasteiger partial charge in [-0.15, -0.1) is 11.3 Å². The number of aryl methyl sites for hydroxylation is 1. The lowest BCUT2D eigenvalue weighted by Gasteiger charge is -2.05. The van der Waals surface area contributed by atoms with Crippen LogP contribution in [0.3, 0.4) is 0 Å². The second kappa shape index (κ2) is 5.11. The van der Waals surface area contributed by atoms with Crippen molar-refractivity contribution in [1.29, 1.82) is 0 Å². The Kier molecular flexibility index (Phi) is 4.08. The van der Waals surface area contributed by atoms with Gasteiger partial charge in [0, 0.05) is 0 Å². The minimum atomic E-state index is 0.527. The van der Waals surface area contributed by atoms with E-state index in [0.29, 0.717) is 5.92 Å². The first kappa shape index (κ1) is 11.2. The van der Waals surface area contributed by atoms with Gasteiger partial charge in [0.25, 0.3) is 0 Å². The average Bonchev–Trinajstić information content (AvgIpc) is 2.60. The summed E-state index contributed by atoms with van der Waals surface area (Å²) in [4.78, 5) is 5.60. The summed E-state index contributed by atoms with van der Waals surface area (Å²) in [7, 11) is 0. The molecule has 2 heteroatoms. The molecule has 0 spiro atoms. The van der Waals surface area contributed by atoms with Gasteiger partial charge in [0.2, 0.25) is 0 Å². The van der Waals surface area contributed by atoms with E-state index in [1.165, 1.54) is 16.1 Å². The van der Waals surface area contributed by atoms with Gasteiger partial charge < -0.3 is 0 Å². The fraction of sp³-hybridized carbons (Fsp3) is 0.417. The highest BCUT2D eigenvalue weighted by Crippen LogP contribution is 2.21. The Bertz CT molecular complexity index is 334. The second-order valence-electron chi connectivity index (χ2n) is 3.52. The van der Waals surface area contributed by atoms with Crippen molar-refractivity contribution in [1.82, 2.24) is 4.98 Å². The molecule has 0 radical (unpaired) electrons. The number of thiazole rings is 1. The minimum Gasteiger partial charge on any atom is -0.249 e. The highest BCUT2D eigenvalue weighted by molar-refractivity contribution is 7.10. The summed E-state index contributed by atoms with van der Waals surface area (Å²) in [6.07, 6.45) is 5.13. The van der Waals surface area contributed by atoms with Crippen molar-refractivity contribution in [3.8, 4) is 0 Å². The van der Waals surface area contributed by atoms with Crippen LogP contribution >= 0.6 is 11.3 Å². The van der Waals surface area contributed by atoms with E-state index in [-0.39, 0.29) is 0 Å². The molecule has 1 heterocycles. The third kappa shape index (κ3) is 2.55. The third-order valence-corrected chi connectivity index (χ3v) is 3.03. The van der Waals surface area contributed by atoms with E-state index < -0.39 is 0 Å². The van der Waals surface area contributed by atoms with Crippen LogP contribution in [0.2, 0.25) is 0 Å². The molecule has 0 aromatic carbocycles. The molecular formula is C12H17NS. The Labute approximate surface area is 90.2 Å². The van der Waals surface area contributed by atoms with Gasteiger partial charge in [0.15, 0.2) is 0 Å². The van der Waals surface area contributed by atoms with Crippen molar-refractivity contribution in [3.63, 3.8) is 0 Å². The van der Waals surface area contributed by atoms with E-state index in [0.717, 1.165) is 6.42 Å². The number of hydrogen-bond acceptors (Lipinski definition) is 2. The molecule has 1 nitrogen and oxygen atoms in total. The molecule has 0 unspecified atom stereocenters. The van der Waals surface area contributed by atoms with E-state index in [1.54, 1.807) is 11.3 Å². The van der Waals surface area contributed by atoms with Crippen LogP contribution in [0.5, 0.6) is 0 Å². The zero-order chi connectivity index (χ0) is 10.6. The lowest BCUT2D eigenvalue weighted by atomic mass is 10.0. The van der Waals surface area contributed by atoms with Gasteiger partial charge in [-0.3, -0.25) is 0 Å². The van der Waals surface area contributed by atoms with Crippen LogP contribution in [0.25, 0.3) is 6.08 Å². The van der Waals surface area contributed by atoms with E-state index in [4.69, 9.17) is 0 Å². The molecule has 0 aliphatic heterocycles. The molecule has 0 bridgehead atoms. The van der Waals surface area contributed by atoms with Crippen molar-refractivity contribution in [3.05, 3.63) is 34.3 Å². The summed E-state index contributed by atoms with van der Waals surface area (Å²) in [6, 6.07) is 0. The first-order valence-corrected chi connectivity index (χ1v) is 5.83. The molecule has 14 heavy (non-hydrogen) atoms. The summed E-state index contributed by atoms with van der Waals surface area (Å²) < 4.78 is 0. The molecule has 76 valence electrons. The van der Waals surface area contributed by atoms with E-state index in [2.05, 4.69) is 38.4 Å². The van der Waals surface area contributed by atoms with Crippen LogP contribution in [0.4, 0.5) is 0 Å². The maximum atomic E-state index is 4.32. The molecule has 1 aromatic heterocycles. The Hall–Kier alpha value is -0.890. The molecular weight excluding hydrogens is 190 g/mol. The number of allylic oxidation sites excluding steroid dienone is 2. The Morgan fingerprint density at radius 3 is 2.86 bits per heavy atom. The van der Waals surface area contributed by atoms with Crippen LogP contribution in [-0.2, 0) is 6.42 Å². The quantitative estimate of drug-likeness (QED) is 0.682. The van der Waals surface area contributed by atoms with E-state index >= 15 is 0 Å². The van der Waals surface area contributed by atoms with Crippen molar-refractivity contribution in [2.24, 2.45) is 5.92 Å². The summed E-state index contributed by atoms with van der Waals surface area (Å²) in [5.41, 5.74) is 4.38. The minimum absolute atomic E-state index is 0.527. The van der Waals surface area contributed by atoms with E-state index in [9.17, 15) is 0 Å². The summed E-state index contributed by atoms with van der Waals surface area (Å²) in [5, 5.41) is 0. The fourth-order valence-corrected chi connectivity index (χ4v) is 2.10. The van der Waals surface area contributed by atoms with Crippen molar-refractivity contribution < 1.29 is 0 Å². The molecule has 1 aromatic rings. The predicted octanol–water partition coefficient (Wildman–Crippen LogP) is 3.93. The highest BCUT2D eigenvalue weighted by atomic mass is 32.1. The van der Waals surface area contributed by atoms with Gasteiger partial charge in [-0.1, -0.05) is 33.4 Å². The van der Waals surface area contributed by atoms with Gasteiger partial charge in [-0.25, -0.2) is 4.98 Å². The zero-order valence-corrected chi connectivity index (χ0v) is 9.90. The average molecular weight is 207 g/mol. The smallest absolute Gasteiger partial charge is 0.0801 e. The topological polar surface area (TPSA) is 12.9 Å². The molecule has 0 aliphatic rings. The normalized spacial score (nSPS) is 12.1. The largest absolute Gasteiger partial charge is 0.249 e. The maximum absolute atomic E-state index is 4.32. The first-order chi connectivity index (χ1) is 6.69. The summed E-state index contributed by atoms with van der Waals surface area (Å²) >= 11 is 1.70. The Morgan fingerprint density at radius 2 is 2.36 bits per heavy atom. The molecule has 0 saturated heterocycles. The van der Waals surface area contributed by atoms with Crippen LogP contribution in [0, 0.1) is 5.92 Å². The maximum Gasteiger partial charge on any atom is 0.0801 e. The standard InChI is InChI=1S/C12H17NS/c1-5-10(9(3)4)7-12-11(6-2)13-8-14-12/h5,7-9H,1,6H2,2-4H3/b10-7+. The summed E-state index contributed by atoms with van der Waals surface area (Å²) in [6.45, 7) is 10.3. The zero-order valence-electron chi connectivity index (χ0n) is 9.08. The molecule has 0 atom stereocenters. The third-order valence-electron chi connectivity index (χ3n) is 2.21. The number of nitrogens with zero attached hydrogens (tertiary/aromatic N) is 1. The van der Waals surface area contributed by atoms with Crippen molar-refractivity contribution >= 4 is 17.4 Å². The predicted molar refractivity (Wildman–Crippen MR) is 64.5 cm³/mol. The van der Waals surface area contributed by atoms with Gasteiger partial charge in [0.05, 0.1) is 16.1 Å². The van der Waals surface area contributed by atoms with Gasteiger partial charge in [-0.2, -0.15) is 0 Å². The monoisotopic (exact) mass is 207 g/mol. The number of hydrogen-bond donors (Lipinski definition) is 0. The summed E-state index contributed by atoms with van der Waals surface area (Å²) in [5.74, 6) is 0.527. The van der Waals surface area contributed by atoms with Crippen LogP contribution in [0.15, 0.2) is 23.7 Å².